The van der Waals surface area contributed by atoms with Gasteiger partial charge in [0.25, 0.3) is 0 Å². The highest BCUT2D eigenvalue weighted by Gasteiger charge is 2.34. The van der Waals surface area contributed by atoms with Crippen LogP contribution in [0, 0.1) is 0 Å². The Bertz CT molecular complexity index is 282. The maximum atomic E-state index is 11.7. The van der Waals surface area contributed by atoms with Gasteiger partial charge in [-0.3, -0.25) is 14.5 Å². The van der Waals surface area contributed by atoms with Gasteiger partial charge in [0.1, 0.15) is 6.04 Å². The van der Waals surface area contributed by atoms with E-state index in [0.29, 0.717) is 25.7 Å². The molecule has 0 aromatic rings. The van der Waals surface area contributed by atoms with E-state index < -0.39 is 12.0 Å². The lowest BCUT2D eigenvalue weighted by Gasteiger charge is -2.25. The van der Waals surface area contributed by atoms with Crippen molar-refractivity contribution in [3.05, 3.63) is 0 Å². The highest BCUT2D eigenvalue weighted by molar-refractivity contribution is 5.99. The molecule has 0 radical (unpaired) electrons. The lowest BCUT2D eigenvalue weighted by atomic mass is 10.1. The van der Waals surface area contributed by atoms with E-state index in [1.807, 2.05) is 6.92 Å². The van der Waals surface area contributed by atoms with Crippen molar-refractivity contribution in [2.75, 3.05) is 0 Å². The monoisotopic (exact) mass is 227 g/mol. The molecule has 0 saturated carbocycles. The number of nitrogens with zero attached hydrogens (tertiary/aromatic N) is 1. The first kappa shape index (κ1) is 12.7. The Morgan fingerprint density at radius 1 is 1.31 bits per heavy atom. The van der Waals surface area contributed by atoms with Crippen LogP contribution in [0.15, 0.2) is 0 Å². The van der Waals surface area contributed by atoms with Crippen LogP contribution in [0.2, 0.25) is 0 Å². The molecule has 0 spiro atoms. The maximum absolute atomic E-state index is 11.7. The zero-order chi connectivity index (χ0) is 12.1. The summed E-state index contributed by atoms with van der Waals surface area (Å²) in [5.74, 6) is -1.78. The van der Waals surface area contributed by atoms with E-state index in [9.17, 15) is 14.4 Å². The number of aliphatic carboxylic acids is 1. The number of rotatable bonds is 4. The van der Waals surface area contributed by atoms with E-state index in [-0.39, 0.29) is 24.7 Å². The highest BCUT2D eigenvalue weighted by Crippen LogP contribution is 2.18. The van der Waals surface area contributed by atoms with Crippen LogP contribution in [0.3, 0.4) is 0 Å². The van der Waals surface area contributed by atoms with Crippen molar-refractivity contribution >= 4 is 17.8 Å². The third-order valence-corrected chi connectivity index (χ3v) is 2.73. The van der Waals surface area contributed by atoms with E-state index in [1.54, 1.807) is 0 Å². The van der Waals surface area contributed by atoms with E-state index in [0.717, 1.165) is 4.90 Å². The Labute approximate surface area is 94.4 Å². The van der Waals surface area contributed by atoms with Crippen molar-refractivity contribution < 1.29 is 19.5 Å². The van der Waals surface area contributed by atoms with Crippen LogP contribution in [0.1, 0.15) is 45.4 Å². The van der Waals surface area contributed by atoms with Crippen molar-refractivity contribution in [2.45, 2.75) is 51.5 Å². The third-order valence-electron chi connectivity index (χ3n) is 2.73. The Morgan fingerprint density at radius 2 is 1.81 bits per heavy atom. The highest BCUT2D eigenvalue weighted by atomic mass is 16.4. The Hall–Kier alpha value is -1.39. The van der Waals surface area contributed by atoms with Gasteiger partial charge in [-0.1, -0.05) is 13.3 Å². The first-order chi connectivity index (χ1) is 7.57. The fraction of sp³-hybridized carbons (Fsp3) is 0.727. The summed E-state index contributed by atoms with van der Waals surface area (Å²) in [7, 11) is 0. The molecule has 1 heterocycles. The van der Waals surface area contributed by atoms with Crippen LogP contribution in [-0.2, 0) is 14.4 Å². The molecule has 0 aliphatic carbocycles. The first-order valence-corrected chi connectivity index (χ1v) is 5.65. The summed E-state index contributed by atoms with van der Waals surface area (Å²) in [6.45, 7) is 1.84. The van der Waals surface area contributed by atoms with Crippen LogP contribution >= 0.6 is 0 Å². The van der Waals surface area contributed by atoms with Gasteiger partial charge in [-0.05, 0) is 19.3 Å². The van der Waals surface area contributed by atoms with Gasteiger partial charge in [0.15, 0.2) is 0 Å². The molecule has 0 bridgehead atoms. The minimum atomic E-state index is -1.09. The number of carbonyl (C=O) groups is 3. The summed E-state index contributed by atoms with van der Waals surface area (Å²) < 4.78 is 0. The maximum Gasteiger partial charge on any atom is 0.326 e. The molecule has 1 fully saturated rings. The second-order valence-electron chi connectivity index (χ2n) is 4.01. The summed E-state index contributed by atoms with van der Waals surface area (Å²) in [4.78, 5) is 35.4. The van der Waals surface area contributed by atoms with Gasteiger partial charge in [-0.15, -0.1) is 0 Å². The number of carboxylic acid groups (broad SMARTS) is 1. The Balaban J connectivity index is 2.89. The zero-order valence-electron chi connectivity index (χ0n) is 9.44. The molecule has 0 aromatic heterocycles. The Morgan fingerprint density at radius 3 is 2.19 bits per heavy atom. The molecule has 5 heteroatoms. The average molecular weight is 227 g/mol. The van der Waals surface area contributed by atoms with Crippen molar-refractivity contribution in [3.63, 3.8) is 0 Å². The fourth-order valence-corrected chi connectivity index (χ4v) is 1.92. The molecule has 1 aliphatic heterocycles. The molecule has 1 unspecified atom stereocenters. The fourth-order valence-electron chi connectivity index (χ4n) is 1.92. The lowest BCUT2D eigenvalue weighted by molar-refractivity contribution is -0.157. The van der Waals surface area contributed by atoms with Crippen LogP contribution in [0.5, 0.6) is 0 Å². The molecule has 1 N–H and O–H groups in total. The first-order valence-electron chi connectivity index (χ1n) is 5.65. The lowest BCUT2D eigenvalue weighted by Crippen LogP contribution is -2.47. The minimum Gasteiger partial charge on any atom is -0.480 e. The minimum absolute atomic E-state index is 0.277. The largest absolute Gasteiger partial charge is 0.480 e. The van der Waals surface area contributed by atoms with Crippen LogP contribution < -0.4 is 0 Å². The number of carbonyl (C=O) groups excluding carboxylic acids is 2. The van der Waals surface area contributed by atoms with E-state index in [4.69, 9.17) is 5.11 Å². The molecule has 1 atom stereocenters. The van der Waals surface area contributed by atoms with Gasteiger partial charge < -0.3 is 5.11 Å². The third kappa shape index (κ3) is 2.81. The van der Waals surface area contributed by atoms with Crippen molar-refractivity contribution in [1.82, 2.24) is 4.90 Å². The Kier molecular flexibility index (Phi) is 4.46. The predicted molar refractivity (Wildman–Crippen MR) is 56.7 cm³/mol. The van der Waals surface area contributed by atoms with Gasteiger partial charge in [-0.2, -0.15) is 0 Å². The predicted octanol–water partition coefficient (Wildman–Crippen LogP) is 1.17. The number of carboxylic acids is 1. The molecule has 16 heavy (non-hydrogen) atoms. The van der Waals surface area contributed by atoms with Gasteiger partial charge >= 0.3 is 5.97 Å². The van der Waals surface area contributed by atoms with Crippen LogP contribution in [-0.4, -0.2) is 33.8 Å². The number of hydrogen-bond donors (Lipinski definition) is 1. The number of likely N-dealkylation sites (tertiary alicyclic amines) is 1. The molecule has 90 valence electrons. The van der Waals surface area contributed by atoms with Crippen LogP contribution in [0.4, 0.5) is 0 Å². The molecule has 2 amide bonds. The number of imide groups is 1. The number of hydrogen-bond acceptors (Lipinski definition) is 3. The van der Waals surface area contributed by atoms with E-state index >= 15 is 0 Å². The van der Waals surface area contributed by atoms with Gasteiger partial charge in [0, 0.05) is 12.8 Å². The molecule has 5 nitrogen and oxygen atoms in total. The SMILES string of the molecule is CCCC(C(=O)O)N1C(=O)CCCCC1=O. The molecule has 0 aromatic carbocycles. The summed E-state index contributed by atoms with van der Waals surface area (Å²) in [5, 5.41) is 9.04. The molecule has 1 rings (SSSR count). The van der Waals surface area contributed by atoms with Crippen molar-refractivity contribution in [1.29, 1.82) is 0 Å². The summed E-state index contributed by atoms with van der Waals surface area (Å²) in [6.07, 6.45) is 2.85. The second kappa shape index (κ2) is 5.63. The number of amides is 2. The summed E-state index contributed by atoms with van der Waals surface area (Å²) in [5.41, 5.74) is 0. The summed E-state index contributed by atoms with van der Waals surface area (Å²) >= 11 is 0. The van der Waals surface area contributed by atoms with Gasteiger partial charge in [0.2, 0.25) is 11.8 Å². The van der Waals surface area contributed by atoms with E-state index in [2.05, 4.69) is 0 Å². The van der Waals surface area contributed by atoms with Gasteiger partial charge in [-0.25, -0.2) is 4.79 Å². The molecular weight excluding hydrogens is 210 g/mol. The average Bonchev–Trinajstić information content (AvgIpc) is 2.37. The molecular formula is C11H17NO4. The topological polar surface area (TPSA) is 74.7 Å². The second-order valence-corrected chi connectivity index (χ2v) is 4.01. The normalized spacial score (nSPS) is 19.4. The quantitative estimate of drug-likeness (QED) is 0.731. The standard InChI is InChI=1S/C11H17NO4/c1-2-5-8(11(15)16)12-9(13)6-3-4-7-10(12)14/h8H,2-7H2,1H3,(H,15,16). The van der Waals surface area contributed by atoms with Crippen LogP contribution in [0.25, 0.3) is 0 Å². The molecule has 1 aliphatic rings. The van der Waals surface area contributed by atoms with Crippen molar-refractivity contribution in [2.24, 2.45) is 0 Å². The summed E-state index contributed by atoms with van der Waals surface area (Å²) in [6, 6.07) is -0.983. The molecule has 1 saturated heterocycles. The van der Waals surface area contributed by atoms with Gasteiger partial charge in [0.05, 0.1) is 0 Å². The van der Waals surface area contributed by atoms with Crippen molar-refractivity contribution in [3.8, 4) is 0 Å². The van der Waals surface area contributed by atoms with E-state index in [1.165, 1.54) is 0 Å². The zero-order valence-corrected chi connectivity index (χ0v) is 9.44. The smallest absolute Gasteiger partial charge is 0.326 e.